The lowest BCUT2D eigenvalue weighted by Gasteiger charge is -2.31. The Kier molecular flexibility index (Phi) is 22.7. The van der Waals surface area contributed by atoms with Crippen molar-refractivity contribution >= 4 is 96.3 Å². The van der Waals surface area contributed by atoms with Gasteiger partial charge in [0.05, 0.1) is 10.6 Å². The topological polar surface area (TPSA) is 367 Å². The number of ketones is 1. The lowest BCUT2D eigenvalue weighted by atomic mass is 9.96. The zero-order chi connectivity index (χ0) is 58.5. The van der Waals surface area contributed by atoms with Gasteiger partial charge in [0.15, 0.2) is 6.10 Å². The van der Waals surface area contributed by atoms with Gasteiger partial charge in [0, 0.05) is 36.5 Å². The Bertz CT molecular complexity index is 2870. The van der Waals surface area contributed by atoms with E-state index < -0.39 is 124 Å². The minimum Gasteiger partial charge on any atom is -0.508 e. The number of hydrogen-bond acceptors (Lipinski definition) is 15. The van der Waals surface area contributed by atoms with Crippen molar-refractivity contribution in [1.82, 2.24) is 52.1 Å². The first-order valence-electron chi connectivity index (χ1n) is 26.5. The number of hydrogen-bond donors (Lipinski definition) is 10. The van der Waals surface area contributed by atoms with Crippen LogP contribution in [-0.2, 0) is 64.2 Å². The standard InChI is InChI=1S/C52H73BrN10O15S/c1-9-27(6)41(62-50(72)43(28(7)10-2)78-79(74,75)76)48(70)59-34(11-3)46(68)60-36-14-12-20-54-45(67)38(24-33-32-23-31(64)17-18-35(32)58-44(33)53)57-40(65)19-16-30-25-77-51(56-30)29(8)55-49(71)42(66)37(22-26(4)5)61-47(69)39-15-13-21-63(39)52(36)73/h16-19,23,25-29,34,36-39,41,43,58,64H,9-15,20-22,24H2,1-8H3,(H,54,67)(H,55,71)(H,57,65)(H,59,70)(H,60,68)(H,61,69)(H,62,72)(H,74,75,76)/b19-16-/t27?,28-,29-,34-,36-,37-,38-,39-,41-,43?/m0/s1. The van der Waals surface area contributed by atoms with Crippen LogP contribution in [0.4, 0.5) is 0 Å². The molecule has 1 aromatic carbocycles. The predicted molar refractivity (Wildman–Crippen MR) is 290 cm³/mol. The molecule has 2 aliphatic rings. The molecule has 0 saturated carbocycles. The highest BCUT2D eigenvalue weighted by molar-refractivity contribution is 9.10. The highest BCUT2D eigenvalue weighted by atomic mass is 79.9. The van der Waals surface area contributed by atoms with Crippen LogP contribution < -0.4 is 37.2 Å². The second-order valence-electron chi connectivity index (χ2n) is 20.5. The lowest BCUT2D eigenvalue weighted by molar-refractivity contribution is -0.144. The number of carbonyl (C=O) groups is 9. The van der Waals surface area contributed by atoms with Gasteiger partial charge in [0.2, 0.25) is 47.1 Å². The summed E-state index contributed by atoms with van der Waals surface area (Å²) in [5, 5.41) is 29.6. The summed E-state index contributed by atoms with van der Waals surface area (Å²) >= 11 is 3.50. The van der Waals surface area contributed by atoms with Gasteiger partial charge in [-0.15, -0.1) is 0 Å². The van der Waals surface area contributed by atoms with Crippen molar-refractivity contribution in [2.24, 2.45) is 17.8 Å². The van der Waals surface area contributed by atoms with E-state index in [1.54, 1.807) is 47.6 Å². The number of oxazole rings is 1. The first-order chi connectivity index (χ1) is 37.2. The van der Waals surface area contributed by atoms with Crippen LogP contribution in [0.2, 0.25) is 0 Å². The Morgan fingerprint density at radius 2 is 1.59 bits per heavy atom. The normalized spacial score (nSPS) is 22.7. The van der Waals surface area contributed by atoms with E-state index in [0.717, 1.165) is 6.08 Å². The maximum atomic E-state index is 14.8. The van der Waals surface area contributed by atoms with Crippen LogP contribution in [0.3, 0.4) is 0 Å². The summed E-state index contributed by atoms with van der Waals surface area (Å²) in [7, 11) is -5.09. The Hall–Kier alpha value is -6.71. The van der Waals surface area contributed by atoms with Gasteiger partial charge in [-0.05, 0) is 109 Å². The Morgan fingerprint density at radius 3 is 2.25 bits per heavy atom. The molecule has 8 amide bonds. The molecule has 3 aromatic rings. The third-order valence-corrected chi connectivity index (χ3v) is 15.1. The van der Waals surface area contributed by atoms with Gasteiger partial charge >= 0.3 is 10.4 Å². The minimum absolute atomic E-state index is 0.0137. The van der Waals surface area contributed by atoms with Crippen molar-refractivity contribution in [1.29, 1.82) is 0 Å². The molecule has 0 aliphatic carbocycles. The van der Waals surface area contributed by atoms with E-state index in [0.29, 0.717) is 33.9 Å². The second kappa shape index (κ2) is 28.4. The number of phenolic OH excluding ortho intramolecular Hbond substituents is 1. The van der Waals surface area contributed by atoms with Gasteiger partial charge in [0.1, 0.15) is 54.0 Å². The molecule has 5 rings (SSSR count). The van der Waals surface area contributed by atoms with E-state index in [4.69, 9.17) is 8.60 Å². The third kappa shape index (κ3) is 17.4. The smallest absolute Gasteiger partial charge is 0.398 e. The number of nitrogens with one attached hydrogen (secondary N) is 8. The summed E-state index contributed by atoms with van der Waals surface area (Å²) in [4.78, 5) is 135. The first kappa shape index (κ1) is 63.1. The van der Waals surface area contributed by atoms with Gasteiger partial charge in [0.25, 0.3) is 11.8 Å². The molecule has 25 nitrogen and oxygen atoms in total. The number of rotatable bonds is 17. The van der Waals surface area contributed by atoms with Crippen molar-refractivity contribution in [2.75, 3.05) is 13.1 Å². The zero-order valence-electron chi connectivity index (χ0n) is 45.5. The number of fused-ring (bicyclic) bond motifs is 4. The number of H-pyrrole nitrogens is 1. The number of halogens is 1. The van der Waals surface area contributed by atoms with Crippen LogP contribution in [0.5, 0.6) is 5.75 Å². The molecule has 27 heteroatoms. The third-order valence-electron chi connectivity index (χ3n) is 14.0. The number of aromatic amines is 1. The highest BCUT2D eigenvalue weighted by Crippen LogP contribution is 2.31. The molecule has 1 fully saturated rings. The average molecular weight is 1190 g/mol. The van der Waals surface area contributed by atoms with Crippen molar-refractivity contribution in [2.45, 2.75) is 162 Å². The fourth-order valence-corrected chi connectivity index (χ4v) is 10.3. The van der Waals surface area contributed by atoms with E-state index in [2.05, 4.69) is 63.1 Å². The van der Waals surface area contributed by atoms with Gasteiger partial charge in [-0.25, -0.2) is 9.17 Å². The van der Waals surface area contributed by atoms with Crippen LogP contribution >= 0.6 is 15.9 Å². The van der Waals surface area contributed by atoms with Crippen LogP contribution in [0.1, 0.15) is 130 Å². The fourth-order valence-electron chi connectivity index (χ4n) is 9.20. The van der Waals surface area contributed by atoms with Gasteiger partial charge < -0.3 is 56.6 Å². The minimum atomic E-state index is -5.09. The number of carbonyl (C=O) groups excluding carboxylic acids is 9. The predicted octanol–water partition coefficient (Wildman–Crippen LogP) is 2.69. The summed E-state index contributed by atoms with van der Waals surface area (Å²) in [6, 6.07) is -4.08. The molecule has 2 aliphatic heterocycles. The van der Waals surface area contributed by atoms with Crippen LogP contribution in [-0.4, -0.2) is 141 Å². The zero-order valence-corrected chi connectivity index (χ0v) is 47.9. The molecule has 434 valence electrons. The van der Waals surface area contributed by atoms with E-state index in [1.165, 1.54) is 43.2 Å². The van der Waals surface area contributed by atoms with E-state index >= 15 is 0 Å². The summed E-state index contributed by atoms with van der Waals surface area (Å²) in [5.41, 5.74) is 1.34. The molecule has 10 N–H and O–H groups in total. The van der Waals surface area contributed by atoms with Crippen molar-refractivity contribution in [3.05, 3.63) is 52.3 Å². The number of phenols is 1. The lowest BCUT2D eigenvalue weighted by Crippen LogP contribution is -2.60. The molecule has 2 unspecified atom stereocenters. The quantitative estimate of drug-likeness (QED) is 0.0686. The summed E-state index contributed by atoms with van der Waals surface area (Å²) in [6.07, 6.45) is 2.87. The number of aromatic hydroxyl groups is 1. The molecule has 0 radical (unpaired) electrons. The average Bonchev–Trinajstić information content (AvgIpc) is 4.19. The Morgan fingerprint density at radius 1 is 0.886 bits per heavy atom. The summed E-state index contributed by atoms with van der Waals surface area (Å²) < 4.78 is 43.6. The van der Waals surface area contributed by atoms with Crippen LogP contribution in [0.15, 0.2) is 39.6 Å². The second-order valence-corrected chi connectivity index (χ2v) is 22.3. The monoisotopic (exact) mass is 1190 g/mol. The Balaban J connectivity index is 1.47. The number of aromatic nitrogens is 2. The van der Waals surface area contributed by atoms with E-state index in [1.807, 2.05) is 0 Å². The Labute approximate surface area is 466 Å². The molecular formula is C52H73BrN10O15S. The van der Waals surface area contributed by atoms with Crippen molar-refractivity contribution in [3.8, 4) is 5.75 Å². The molecular weight excluding hydrogens is 1120 g/mol. The number of benzene rings is 1. The van der Waals surface area contributed by atoms with E-state index in [9.17, 15) is 61.2 Å². The van der Waals surface area contributed by atoms with Crippen molar-refractivity contribution < 1.29 is 69.8 Å². The molecule has 2 aromatic heterocycles. The van der Waals surface area contributed by atoms with Crippen molar-refractivity contribution in [3.63, 3.8) is 0 Å². The molecule has 10 atom stereocenters. The first-order valence-corrected chi connectivity index (χ1v) is 28.6. The number of nitrogens with zero attached hydrogens (tertiary/aromatic N) is 2. The SMILES string of the molecule is CCC(C)[C@H](NC(=O)C(OS(=O)(=O)O)[C@@H](C)CC)C(=O)N[C@@H](CC)C(=O)N[C@H]1CCCNC(=O)[C@H](Cc2c(Br)[nH]c3ccc(O)cc23)NC(=O)/C=C\c2coc(n2)[C@H](C)NC(=O)C(=O)[C@H](CC(C)C)NC(=O)[C@@H]2CCCN2C1=O. The molecule has 79 heavy (non-hydrogen) atoms. The molecule has 0 spiro atoms. The van der Waals surface area contributed by atoms with Gasteiger partial charge in [-0.1, -0.05) is 61.3 Å². The van der Waals surface area contributed by atoms with Crippen LogP contribution in [0, 0.1) is 17.8 Å². The molecule has 1 saturated heterocycles. The number of amides is 8. The van der Waals surface area contributed by atoms with Crippen LogP contribution in [0.25, 0.3) is 17.0 Å². The maximum Gasteiger partial charge on any atom is 0.398 e. The van der Waals surface area contributed by atoms with Gasteiger partial charge in [-0.2, -0.15) is 8.42 Å². The molecule has 2 bridgehead atoms. The maximum absolute atomic E-state index is 14.8. The fraction of sp³-hybridized carbons (Fsp3) is 0.577. The van der Waals surface area contributed by atoms with Gasteiger partial charge in [-0.3, -0.25) is 47.7 Å². The summed E-state index contributed by atoms with van der Waals surface area (Å²) in [6.45, 7) is 13.2. The molecule has 4 heterocycles. The van der Waals surface area contributed by atoms with E-state index in [-0.39, 0.29) is 81.3 Å². The summed E-state index contributed by atoms with van der Waals surface area (Å²) in [5.74, 6) is -9.00. The highest BCUT2D eigenvalue weighted by Gasteiger charge is 2.41. The number of Topliss-reactive ketones (excluding diaryl/α,β-unsaturated/α-hetero) is 1. The largest absolute Gasteiger partial charge is 0.508 e.